The molecule has 0 saturated heterocycles. The summed E-state index contributed by atoms with van der Waals surface area (Å²) in [7, 11) is 1.87. The summed E-state index contributed by atoms with van der Waals surface area (Å²) >= 11 is 1.38. The lowest BCUT2D eigenvalue weighted by molar-refractivity contribution is 0.196. The van der Waals surface area contributed by atoms with Crippen LogP contribution in [0.5, 0.6) is 0 Å². The van der Waals surface area contributed by atoms with Crippen molar-refractivity contribution in [3.63, 3.8) is 0 Å². The van der Waals surface area contributed by atoms with Gasteiger partial charge in [-0.2, -0.15) is 0 Å². The smallest absolute Gasteiger partial charge is 0.195 e. The Kier molecular flexibility index (Phi) is 3.91. The van der Waals surface area contributed by atoms with E-state index in [1.54, 1.807) is 19.9 Å². The van der Waals surface area contributed by atoms with Gasteiger partial charge in [-0.25, -0.2) is 4.39 Å². The second kappa shape index (κ2) is 5.30. The average Bonchev–Trinajstić information content (AvgIpc) is 2.65. The van der Waals surface area contributed by atoms with Crippen molar-refractivity contribution in [1.29, 1.82) is 0 Å². The Morgan fingerprint density at radius 1 is 1.32 bits per heavy atom. The third-order valence-electron chi connectivity index (χ3n) is 3.00. The van der Waals surface area contributed by atoms with Crippen molar-refractivity contribution >= 4 is 11.8 Å². The Balaban J connectivity index is 2.44. The number of halogens is 1. The fourth-order valence-electron chi connectivity index (χ4n) is 1.66. The summed E-state index contributed by atoms with van der Waals surface area (Å²) in [5, 5.41) is 18.5. The first-order valence-electron chi connectivity index (χ1n) is 5.92. The molecular formula is C13H16FN3OS. The van der Waals surface area contributed by atoms with Crippen LogP contribution < -0.4 is 0 Å². The van der Waals surface area contributed by atoms with Crippen molar-refractivity contribution in [2.75, 3.05) is 0 Å². The molecule has 2 rings (SSSR count). The molecule has 19 heavy (non-hydrogen) atoms. The topological polar surface area (TPSA) is 50.9 Å². The van der Waals surface area contributed by atoms with Crippen molar-refractivity contribution in [2.24, 2.45) is 7.05 Å². The van der Waals surface area contributed by atoms with Crippen LogP contribution >= 0.6 is 11.8 Å². The number of aromatic nitrogens is 3. The highest BCUT2D eigenvalue weighted by Crippen LogP contribution is 2.34. The van der Waals surface area contributed by atoms with Gasteiger partial charge in [-0.05, 0) is 55.8 Å². The zero-order valence-corrected chi connectivity index (χ0v) is 12.1. The Morgan fingerprint density at radius 3 is 2.53 bits per heavy atom. The van der Waals surface area contributed by atoms with Crippen LogP contribution in [0.25, 0.3) is 0 Å². The number of rotatable bonds is 3. The Hall–Kier alpha value is -1.40. The number of aryl methyl sites for hydroxylation is 2. The number of benzene rings is 1. The number of nitrogens with zero attached hydrogens (tertiary/aromatic N) is 3. The van der Waals surface area contributed by atoms with E-state index in [-0.39, 0.29) is 5.82 Å². The van der Waals surface area contributed by atoms with Gasteiger partial charge in [-0.15, -0.1) is 10.2 Å². The fourth-order valence-corrected chi connectivity index (χ4v) is 2.79. The van der Waals surface area contributed by atoms with Crippen LogP contribution in [0.4, 0.5) is 4.39 Å². The molecule has 0 aliphatic heterocycles. The number of hydrogen-bond acceptors (Lipinski definition) is 4. The number of aliphatic hydroxyl groups excluding tert-OH is 1. The van der Waals surface area contributed by atoms with Crippen LogP contribution in [-0.2, 0) is 7.05 Å². The molecule has 2 aromatic rings. The second-order valence-corrected chi connectivity index (χ2v) is 5.52. The zero-order chi connectivity index (χ0) is 14.2. The highest BCUT2D eigenvalue weighted by atomic mass is 32.2. The first-order valence-corrected chi connectivity index (χ1v) is 6.73. The van der Waals surface area contributed by atoms with Gasteiger partial charge < -0.3 is 9.67 Å². The molecule has 0 spiro atoms. The third kappa shape index (κ3) is 2.79. The summed E-state index contributed by atoms with van der Waals surface area (Å²) in [5.41, 5.74) is 1.11. The van der Waals surface area contributed by atoms with Gasteiger partial charge in [-0.3, -0.25) is 0 Å². The molecule has 1 aromatic heterocycles. The molecule has 0 bridgehead atoms. The van der Waals surface area contributed by atoms with E-state index in [1.165, 1.54) is 17.8 Å². The van der Waals surface area contributed by atoms with Gasteiger partial charge >= 0.3 is 0 Å². The lowest BCUT2D eigenvalue weighted by Gasteiger charge is -2.13. The molecule has 4 nitrogen and oxygen atoms in total. The summed E-state index contributed by atoms with van der Waals surface area (Å²) in [6.45, 7) is 5.19. The van der Waals surface area contributed by atoms with Crippen LogP contribution in [0.1, 0.15) is 30.0 Å². The molecule has 1 unspecified atom stereocenters. The van der Waals surface area contributed by atoms with Gasteiger partial charge in [0.25, 0.3) is 0 Å². The van der Waals surface area contributed by atoms with E-state index < -0.39 is 6.10 Å². The van der Waals surface area contributed by atoms with E-state index >= 15 is 0 Å². The predicted octanol–water partition coefficient (Wildman–Crippen LogP) is 2.78. The van der Waals surface area contributed by atoms with Crippen LogP contribution in [0.2, 0.25) is 0 Å². The summed E-state index contributed by atoms with van der Waals surface area (Å²) in [4.78, 5) is 0.796. The first-order chi connectivity index (χ1) is 8.90. The van der Waals surface area contributed by atoms with Crippen molar-refractivity contribution in [2.45, 2.75) is 36.9 Å². The zero-order valence-electron chi connectivity index (χ0n) is 11.3. The maximum atomic E-state index is 13.6. The Morgan fingerprint density at radius 2 is 2.00 bits per heavy atom. The quantitative estimate of drug-likeness (QED) is 0.940. The molecule has 0 aliphatic carbocycles. The largest absolute Gasteiger partial charge is 0.389 e. The van der Waals surface area contributed by atoms with Crippen LogP contribution in [0.15, 0.2) is 22.2 Å². The van der Waals surface area contributed by atoms with Gasteiger partial charge in [0.05, 0.1) is 6.10 Å². The molecule has 0 radical (unpaired) electrons. The SMILES string of the molecule is Cc1cc(Sc2nnc(C)n2C)c(C(C)O)cc1F. The van der Waals surface area contributed by atoms with E-state index in [0.29, 0.717) is 16.3 Å². The van der Waals surface area contributed by atoms with Gasteiger partial charge in [0.15, 0.2) is 5.16 Å². The highest BCUT2D eigenvalue weighted by Gasteiger charge is 2.15. The highest BCUT2D eigenvalue weighted by molar-refractivity contribution is 7.99. The van der Waals surface area contributed by atoms with E-state index in [9.17, 15) is 9.50 Å². The van der Waals surface area contributed by atoms with Gasteiger partial charge in [0.1, 0.15) is 11.6 Å². The number of hydrogen-bond donors (Lipinski definition) is 1. The molecule has 1 atom stereocenters. The van der Waals surface area contributed by atoms with Gasteiger partial charge in [0, 0.05) is 11.9 Å². The minimum atomic E-state index is -0.730. The fraction of sp³-hybridized carbons (Fsp3) is 0.385. The van der Waals surface area contributed by atoms with E-state index in [4.69, 9.17) is 0 Å². The lowest BCUT2D eigenvalue weighted by atomic mass is 10.1. The van der Waals surface area contributed by atoms with Crippen molar-refractivity contribution in [3.05, 3.63) is 34.9 Å². The van der Waals surface area contributed by atoms with Crippen molar-refractivity contribution in [1.82, 2.24) is 14.8 Å². The van der Waals surface area contributed by atoms with Crippen molar-refractivity contribution in [3.8, 4) is 0 Å². The molecule has 0 fully saturated rings. The standard InChI is InChI=1S/C13H16FN3OS/c1-7-5-12(10(8(2)18)6-11(7)14)19-13-16-15-9(3)17(13)4/h5-6,8,18H,1-4H3. The summed E-state index contributed by atoms with van der Waals surface area (Å²) in [6.07, 6.45) is -0.730. The molecule has 1 N–H and O–H groups in total. The Bertz CT molecular complexity index is 610. The summed E-state index contributed by atoms with van der Waals surface area (Å²) in [5.74, 6) is 0.495. The second-order valence-electron chi connectivity index (χ2n) is 4.51. The lowest BCUT2D eigenvalue weighted by Crippen LogP contribution is -1.99. The average molecular weight is 281 g/mol. The molecule has 1 aromatic carbocycles. The molecule has 6 heteroatoms. The molecular weight excluding hydrogens is 265 g/mol. The maximum absolute atomic E-state index is 13.6. The van der Waals surface area contributed by atoms with Crippen LogP contribution in [0.3, 0.4) is 0 Å². The minimum Gasteiger partial charge on any atom is -0.389 e. The maximum Gasteiger partial charge on any atom is 0.195 e. The minimum absolute atomic E-state index is 0.311. The van der Waals surface area contributed by atoms with E-state index in [1.807, 2.05) is 18.5 Å². The summed E-state index contributed by atoms with van der Waals surface area (Å²) < 4.78 is 15.4. The first kappa shape index (κ1) is 14.0. The normalized spacial score (nSPS) is 12.7. The molecule has 0 amide bonds. The van der Waals surface area contributed by atoms with E-state index in [0.717, 1.165) is 10.7 Å². The Labute approximate surface area is 115 Å². The predicted molar refractivity (Wildman–Crippen MR) is 71.6 cm³/mol. The van der Waals surface area contributed by atoms with E-state index in [2.05, 4.69) is 10.2 Å². The van der Waals surface area contributed by atoms with Crippen LogP contribution in [-0.4, -0.2) is 19.9 Å². The van der Waals surface area contributed by atoms with Gasteiger partial charge in [-0.1, -0.05) is 0 Å². The number of aliphatic hydroxyl groups is 1. The van der Waals surface area contributed by atoms with Crippen molar-refractivity contribution < 1.29 is 9.50 Å². The molecule has 1 heterocycles. The van der Waals surface area contributed by atoms with Gasteiger partial charge in [0.2, 0.25) is 0 Å². The monoisotopic (exact) mass is 281 g/mol. The molecule has 0 aliphatic rings. The van der Waals surface area contributed by atoms with Crippen LogP contribution in [0, 0.1) is 19.7 Å². The third-order valence-corrected chi connectivity index (χ3v) is 4.11. The molecule has 102 valence electrons. The molecule has 0 saturated carbocycles. The summed E-state index contributed by atoms with van der Waals surface area (Å²) in [6, 6.07) is 3.11.